The van der Waals surface area contributed by atoms with E-state index >= 15 is 0 Å². The molecule has 0 aromatic heterocycles. The van der Waals surface area contributed by atoms with Gasteiger partial charge in [0.05, 0.1) is 0 Å². The standard InChI is InChI=1S/C36H44O6/c1-27-13-19-30(20-14-27)7-4-10-34(37)40-25-33(42-36(39)12-6-9-32-23-17-29(3)18-24-32)26-41-35(38)11-5-8-31-21-15-28(2)16-22-31/h13-24,33H,4-12,25-26H2,1-3H3. The Hall–Kier alpha value is -3.93. The van der Waals surface area contributed by atoms with E-state index in [4.69, 9.17) is 14.2 Å². The number of aryl methyl sites for hydroxylation is 6. The normalized spacial score (nSPS) is 10.9. The van der Waals surface area contributed by atoms with Gasteiger partial charge in [0.1, 0.15) is 13.2 Å². The monoisotopic (exact) mass is 572 g/mol. The van der Waals surface area contributed by atoms with Gasteiger partial charge in [0.25, 0.3) is 0 Å². The molecule has 0 radical (unpaired) electrons. The van der Waals surface area contributed by atoms with Crippen LogP contribution in [-0.2, 0) is 47.9 Å². The number of carbonyl (C=O) groups excluding carboxylic acids is 3. The van der Waals surface area contributed by atoms with Gasteiger partial charge >= 0.3 is 17.9 Å². The van der Waals surface area contributed by atoms with Crippen LogP contribution in [0.25, 0.3) is 0 Å². The summed E-state index contributed by atoms with van der Waals surface area (Å²) < 4.78 is 16.4. The molecule has 0 aliphatic carbocycles. The summed E-state index contributed by atoms with van der Waals surface area (Å²) in [7, 11) is 0. The zero-order valence-electron chi connectivity index (χ0n) is 25.2. The number of hydrogen-bond donors (Lipinski definition) is 0. The molecular weight excluding hydrogens is 528 g/mol. The molecule has 42 heavy (non-hydrogen) atoms. The van der Waals surface area contributed by atoms with E-state index in [0.29, 0.717) is 19.3 Å². The van der Waals surface area contributed by atoms with Crippen LogP contribution >= 0.6 is 0 Å². The number of carbonyl (C=O) groups is 3. The summed E-state index contributed by atoms with van der Waals surface area (Å²) in [6, 6.07) is 24.7. The molecule has 0 heterocycles. The molecule has 0 bridgehead atoms. The fraction of sp³-hybridized carbons (Fsp3) is 0.417. The van der Waals surface area contributed by atoms with Crippen LogP contribution in [-0.4, -0.2) is 37.2 Å². The molecule has 0 unspecified atom stereocenters. The fourth-order valence-corrected chi connectivity index (χ4v) is 4.45. The van der Waals surface area contributed by atoms with Gasteiger partial charge in [0.15, 0.2) is 6.10 Å². The Morgan fingerprint density at radius 3 is 1.14 bits per heavy atom. The van der Waals surface area contributed by atoms with Crippen LogP contribution in [0.4, 0.5) is 0 Å². The molecule has 0 fully saturated rings. The molecule has 0 N–H and O–H groups in total. The van der Waals surface area contributed by atoms with Gasteiger partial charge in [0.2, 0.25) is 0 Å². The molecule has 3 rings (SSSR count). The molecule has 6 heteroatoms. The molecule has 0 saturated carbocycles. The van der Waals surface area contributed by atoms with Crippen molar-refractivity contribution in [2.45, 2.75) is 84.7 Å². The Morgan fingerprint density at radius 1 is 0.500 bits per heavy atom. The molecular formula is C36H44O6. The van der Waals surface area contributed by atoms with Gasteiger partial charge in [-0.05, 0) is 76.0 Å². The maximum absolute atomic E-state index is 12.6. The van der Waals surface area contributed by atoms with Gasteiger partial charge in [-0.15, -0.1) is 0 Å². The Kier molecular flexibility index (Phi) is 13.8. The summed E-state index contributed by atoms with van der Waals surface area (Å²) in [4.78, 5) is 37.4. The first kappa shape index (κ1) is 32.6. The molecule has 3 aromatic carbocycles. The highest BCUT2D eigenvalue weighted by Crippen LogP contribution is 2.12. The molecule has 6 nitrogen and oxygen atoms in total. The first-order valence-corrected chi connectivity index (χ1v) is 14.9. The summed E-state index contributed by atoms with van der Waals surface area (Å²) in [6.45, 7) is 5.82. The number of rotatable bonds is 17. The van der Waals surface area contributed by atoms with Gasteiger partial charge in [0, 0.05) is 19.3 Å². The molecule has 224 valence electrons. The second-order valence-electron chi connectivity index (χ2n) is 11.0. The topological polar surface area (TPSA) is 78.9 Å². The predicted molar refractivity (Wildman–Crippen MR) is 164 cm³/mol. The average Bonchev–Trinajstić information content (AvgIpc) is 2.97. The number of ether oxygens (including phenoxy) is 3. The third-order valence-electron chi connectivity index (χ3n) is 7.06. The predicted octanol–water partition coefficient (Wildman–Crippen LogP) is 6.98. The Balaban J connectivity index is 1.43. The van der Waals surface area contributed by atoms with Crippen LogP contribution in [0.2, 0.25) is 0 Å². The third-order valence-corrected chi connectivity index (χ3v) is 7.06. The van der Waals surface area contributed by atoms with Crippen molar-refractivity contribution in [1.82, 2.24) is 0 Å². The SMILES string of the molecule is Cc1ccc(CCCC(=O)OCC(COC(=O)CCCc2ccc(C)cc2)OC(=O)CCCc2ccc(C)cc2)cc1. The van der Waals surface area contributed by atoms with Crippen molar-refractivity contribution in [2.75, 3.05) is 13.2 Å². The van der Waals surface area contributed by atoms with Crippen molar-refractivity contribution in [2.24, 2.45) is 0 Å². The lowest BCUT2D eigenvalue weighted by Crippen LogP contribution is -2.31. The quantitative estimate of drug-likeness (QED) is 0.128. The molecule has 0 saturated heterocycles. The number of benzene rings is 3. The minimum atomic E-state index is -0.848. The van der Waals surface area contributed by atoms with E-state index in [1.807, 2.05) is 32.9 Å². The van der Waals surface area contributed by atoms with Crippen molar-refractivity contribution in [3.05, 3.63) is 106 Å². The van der Waals surface area contributed by atoms with Crippen LogP contribution in [0.3, 0.4) is 0 Å². The maximum Gasteiger partial charge on any atom is 0.306 e. The van der Waals surface area contributed by atoms with E-state index in [-0.39, 0.29) is 44.4 Å². The van der Waals surface area contributed by atoms with Crippen molar-refractivity contribution < 1.29 is 28.6 Å². The minimum Gasteiger partial charge on any atom is -0.462 e. The van der Waals surface area contributed by atoms with Gasteiger partial charge in [-0.25, -0.2) is 0 Å². The molecule has 0 amide bonds. The maximum atomic E-state index is 12.6. The zero-order chi connectivity index (χ0) is 30.2. The number of hydrogen-bond acceptors (Lipinski definition) is 6. The minimum absolute atomic E-state index is 0.149. The summed E-state index contributed by atoms with van der Waals surface area (Å²) in [5, 5.41) is 0. The Labute approximate surface area is 250 Å². The summed E-state index contributed by atoms with van der Waals surface area (Å²) in [5.74, 6) is -1.14. The van der Waals surface area contributed by atoms with Crippen LogP contribution < -0.4 is 0 Å². The lowest BCUT2D eigenvalue weighted by molar-refractivity contribution is -0.167. The van der Waals surface area contributed by atoms with E-state index in [1.54, 1.807) is 0 Å². The second kappa shape index (κ2) is 17.8. The average molecular weight is 573 g/mol. The van der Waals surface area contributed by atoms with E-state index in [1.165, 1.54) is 27.8 Å². The Morgan fingerprint density at radius 2 is 0.810 bits per heavy atom. The van der Waals surface area contributed by atoms with Gasteiger partial charge < -0.3 is 14.2 Å². The second-order valence-corrected chi connectivity index (χ2v) is 11.0. The highest BCUT2D eigenvalue weighted by atomic mass is 16.6. The fourth-order valence-electron chi connectivity index (χ4n) is 4.45. The lowest BCUT2D eigenvalue weighted by Gasteiger charge is -2.18. The van der Waals surface area contributed by atoms with Crippen molar-refractivity contribution in [1.29, 1.82) is 0 Å². The van der Waals surface area contributed by atoms with E-state index < -0.39 is 12.1 Å². The van der Waals surface area contributed by atoms with E-state index in [2.05, 4.69) is 60.7 Å². The molecule has 0 spiro atoms. The molecule has 0 aliphatic heterocycles. The van der Waals surface area contributed by atoms with Gasteiger partial charge in [-0.3, -0.25) is 14.4 Å². The first-order chi connectivity index (χ1) is 20.3. The Bertz CT molecular complexity index is 1180. The lowest BCUT2D eigenvalue weighted by atomic mass is 10.1. The first-order valence-electron chi connectivity index (χ1n) is 14.9. The largest absolute Gasteiger partial charge is 0.462 e. The van der Waals surface area contributed by atoms with E-state index in [9.17, 15) is 14.4 Å². The highest BCUT2D eigenvalue weighted by molar-refractivity contribution is 5.71. The van der Waals surface area contributed by atoms with E-state index in [0.717, 1.165) is 24.8 Å². The third kappa shape index (κ3) is 13.2. The molecule has 0 atom stereocenters. The van der Waals surface area contributed by atoms with Crippen molar-refractivity contribution >= 4 is 17.9 Å². The van der Waals surface area contributed by atoms with Gasteiger partial charge in [-0.1, -0.05) is 89.5 Å². The van der Waals surface area contributed by atoms with Crippen LogP contribution in [0.1, 0.15) is 71.9 Å². The summed E-state index contributed by atoms with van der Waals surface area (Å²) in [5.41, 5.74) is 7.07. The van der Waals surface area contributed by atoms with Crippen molar-refractivity contribution in [3.8, 4) is 0 Å². The number of esters is 3. The van der Waals surface area contributed by atoms with Crippen LogP contribution in [0, 0.1) is 20.8 Å². The smallest absolute Gasteiger partial charge is 0.306 e. The van der Waals surface area contributed by atoms with Crippen molar-refractivity contribution in [3.63, 3.8) is 0 Å². The summed E-state index contributed by atoms with van der Waals surface area (Å²) >= 11 is 0. The molecule has 3 aromatic rings. The zero-order valence-corrected chi connectivity index (χ0v) is 25.2. The van der Waals surface area contributed by atoms with Gasteiger partial charge in [-0.2, -0.15) is 0 Å². The van der Waals surface area contributed by atoms with Crippen LogP contribution in [0.15, 0.2) is 72.8 Å². The molecule has 0 aliphatic rings. The summed E-state index contributed by atoms with van der Waals surface area (Å²) in [6.07, 6.45) is 4.12. The van der Waals surface area contributed by atoms with Crippen LogP contribution in [0.5, 0.6) is 0 Å². The highest BCUT2D eigenvalue weighted by Gasteiger charge is 2.19.